The first-order valence-corrected chi connectivity index (χ1v) is 7.87. The molecule has 0 spiro atoms. The molecule has 0 fully saturated rings. The Balaban J connectivity index is -0.000000320. The third-order valence-electron chi connectivity index (χ3n) is 1.11. The van der Waals surface area contributed by atoms with Crippen LogP contribution in [0.3, 0.4) is 0 Å². The third kappa shape index (κ3) is 18.9. The van der Waals surface area contributed by atoms with E-state index in [1.807, 2.05) is 0 Å². The number of hydrogen-bond donors (Lipinski definition) is 0. The molecule has 0 N–H and O–H groups in total. The maximum absolute atomic E-state index is 2.33. The van der Waals surface area contributed by atoms with Gasteiger partial charge in [-0.2, -0.15) is 0 Å². The van der Waals surface area contributed by atoms with Crippen LogP contribution >= 0.6 is 48.0 Å². The van der Waals surface area contributed by atoms with E-state index in [1.165, 1.54) is 0 Å². The van der Waals surface area contributed by atoms with E-state index in [4.69, 9.17) is 0 Å². The summed E-state index contributed by atoms with van der Waals surface area (Å²) in [5.74, 6) is 1.94. The zero-order valence-corrected chi connectivity index (χ0v) is 15.4. The summed E-state index contributed by atoms with van der Waals surface area (Å²) >= 11 is 0.0709. The smallest absolute Gasteiger partial charge is 0.107 e. The van der Waals surface area contributed by atoms with Crippen molar-refractivity contribution in [2.75, 3.05) is 0 Å². The summed E-state index contributed by atoms with van der Waals surface area (Å²) in [6.07, 6.45) is 0. The van der Waals surface area contributed by atoms with Gasteiger partial charge < -0.3 is 0 Å². The Morgan fingerprint density at radius 2 is 1.09 bits per heavy atom. The minimum Gasteiger partial charge on any atom is -0.107 e. The van der Waals surface area contributed by atoms with Crippen LogP contribution in [0.5, 0.6) is 0 Å². The maximum atomic E-state index is 2.33. The molecule has 11 heavy (non-hydrogen) atoms. The predicted octanol–water partition coefficient (Wildman–Crippen LogP) is 4.08. The predicted molar refractivity (Wildman–Crippen MR) is 75.9 cm³/mol. The van der Waals surface area contributed by atoms with Crippen molar-refractivity contribution < 1.29 is 0 Å². The molecular formula is C8H20I2Sn. The fraction of sp³-hybridized carbons (Fsp3) is 1.00. The molecule has 0 amide bonds. The summed E-state index contributed by atoms with van der Waals surface area (Å²) in [6, 6.07) is 0. The van der Waals surface area contributed by atoms with Crippen molar-refractivity contribution in [1.29, 1.82) is 0 Å². The second kappa shape index (κ2) is 12.3. The first kappa shape index (κ1) is 18.9. The van der Waals surface area contributed by atoms with Gasteiger partial charge in [-0.1, -0.05) is 0 Å². The standard InChI is InChI=1S/2C4H9.2HI.Sn/c2*1-4(2)3;;;/h2*4H,1H2,2-3H3;2*1H;. The van der Waals surface area contributed by atoms with Gasteiger partial charge in [0.25, 0.3) is 0 Å². The minimum atomic E-state index is 0. The first-order valence-electron chi connectivity index (χ1n) is 3.83. The summed E-state index contributed by atoms with van der Waals surface area (Å²) in [5.41, 5.74) is 0. The maximum Gasteiger partial charge on any atom is -0.107 e. The van der Waals surface area contributed by atoms with Crippen molar-refractivity contribution in [3.8, 4) is 0 Å². The zero-order valence-electron chi connectivity index (χ0n) is 7.89. The molecule has 70 valence electrons. The van der Waals surface area contributed by atoms with E-state index in [0.29, 0.717) is 0 Å². The van der Waals surface area contributed by atoms with Crippen LogP contribution < -0.4 is 0 Å². The molecule has 0 unspecified atom stereocenters. The van der Waals surface area contributed by atoms with E-state index in [-0.39, 0.29) is 69.1 Å². The molecule has 0 rings (SSSR count). The molecule has 0 aromatic heterocycles. The normalized spacial score (nSPS) is 9.27. The molecule has 0 saturated heterocycles. The van der Waals surface area contributed by atoms with Crippen molar-refractivity contribution in [1.82, 2.24) is 0 Å². The molecule has 3 heteroatoms. The van der Waals surface area contributed by atoms with Gasteiger partial charge in [-0.3, -0.25) is 0 Å². The Hall–Kier alpha value is 2.26. The summed E-state index contributed by atoms with van der Waals surface area (Å²) in [4.78, 5) is 0. The van der Waals surface area contributed by atoms with E-state index >= 15 is 0 Å². The Morgan fingerprint density at radius 1 is 0.818 bits per heavy atom. The Bertz CT molecular complexity index is 57.1. The van der Waals surface area contributed by atoms with Crippen LogP contribution in [0, 0.1) is 11.8 Å². The van der Waals surface area contributed by atoms with Gasteiger partial charge in [-0.25, -0.2) is 0 Å². The molecule has 0 atom stereocenters. The third-order valence-corrected chi connectivity index (χ3v) is 7.41. The zero-order chi connectivity index (χ0) is 7.28. The van der Waals surface area contributed by atoms with Crippen LogP contribution in [0.4, 0.5) is 0 Å². The van der Waals surface area contributed by atoms with Crippen molar-refractivity contribution in [3.63, 3.8) is 0 Å². The van der Waals surface area contributed by atoms with Gasteiger partial charge in [-0.15, -0.1) is 48.0 Å². The van der Waals surface area contributed by atoms with Crippen molar-refractivity contribution >= 4 is 69.1 Å². The largest absolute Gasteiger partial charge is 0.107 e. The molecular weight excluding hydrogens is 469 g/mol. The minimum absolute atomic E-state index is 0. The number of rotatable bonds is 4. The summed E-state index contributed by atoms with van der Waals surface area (Å²) in [6.45, 7) is 9.34. The van der Waals surface area contributed by atoms with Gasteiger partial charge in [0.2, 0.25) is 0 Å². The SMILES string of the molecule is CC(C)[CH2][Sn][CH2]C(C)C.I.I. The molecule has 0 heterocycles. The summed E-state index contributed by atoms with van der Waals surface area (Å²) in [5, 5.41) is 0. The number of halogens is 2. The van der Waals surface area contributed by atoms with Gasteiger partial charge in [0, 0.05) is 0 Å². The second-order valence-electron chi connectivity index (χ2n) is 3.45. The van der Waals surface area contributed by atoms with Gasteiger partial charge in [-0.05, 0) is 0 Å². The van der Waals surface area contributed by atoms with E-state index in [0.717, 1.165) is 11.8 Å². The molecule has 0 nitrogen and oxygen atoms in total. The monoisotopic (exact) mass is 490 g/mol. The van der Waals surface area contributed by atoms with Crippen molar-refractivity contribution in [2.24, 2.45) is 11.8 Å². The van der Waals surface area contributed by atoms with E-state index in [9.17, 15) is 0 Å². The van der Waals surface area contributed by atoms with Crippen LogP contribution in [0.15, 0.2) is 0 Å². The van der Waals surface area contributed by atoms with Gasteiger partial charge in [0.05, 0.1) is 0 Å². The molecule has 0 saturated carbocycles. The Kier molecular flexibility index (Phi) is 21.1. The van der Waals surface area contributed by atoms with Gasteiger partial charge in [0.1, 0.15) is 0 Å². The van der Waals surface area contributed by atoms with Crippen LogP contribution in [-0.2, 0) is 0 Å². The topological polar surface area (TPSA) is 0 Å². The average Bonchev–Trinajstić information content (AvgIpc) is 1.63. The van der Waals surface area contributed by atoms with Crippen LogP contribution in [0.1, 0.15) is 27.7 Å². The van der Waals surface area contributed by atoms with Gasteiger partial charge in [0.15, 0.2) is 0 Å². The second-order valence-corrected chi connectivity index (χ2v) is 7.20. The molecule has 0 aliphatic carbocycles. The van der Waals surface area contributed by atoms with E-state index in [2.05, 4.69) is 27.7 Å². The van der Waals surface area contributed by atoms with Crippen LogP contribution in [0.25, 0.3) is 0 Å². The average molecular weight is 489 g/mol. The summed E-state index contributed by atoms with van der Waals surface area (Å²) < 4.78 is 3.14. The van der Waals surface area contributed by atoms with Gasteiger partial charge >= 0.3 is 69.5 Å². The Labute approximate surface area is 116 Å². The van der Waals surface area contributed by atoms with Crippen LogP contribution in [-0.4, -0.2) is 21.1 Å². The summed E-state index contributed by atoms with van der Waals surface area (Å²) in [7, 11) is 0. The van der Waals surface area contributed by atoms with E-state index < -0.39 is 0 Å². The molecule has 0 aliphatic rings. The molecule has 0 aromatic carbocycles. The van der Waals surface area contributed by atoms with Crippen molar-refractivity contribution in [3.05, 3.63) is 0 Å². The number of hydrogen-bond acceptors (Lipinski definition) is 0. The van der Waals surface area contributed by atoms with Crippen molar-refractivity contribution in [2.45, 2.75) is 36.6 Å². The van der Waals surface area contributed by atoms with Crippen LogP contribution in [0.2, 0.25) is 8.87 Å². The quantitative estimate of drug-likeness (QED) is 0.413. The van der Waals surface area contributed by atoms with E-state index in [1.54, 1.807) is 8.87 Å². The fourth-order valence-electron chi connectivity index (χ4n) is 0.661. The fourth-order valence-corrected chi connectivity index (χ4v) is 4.43. The first-order chi connectivity index (χ1) is 4.13. The molecule has 0 aliphatic heterocycles. The molecule has 2 radical (unpaired) electrons. The molecule has 0 aromatic rings. The Morgan fingerprint density at radius 3 is 1.27 bits per heavy atom. The molecule has 0 bridgehead atoms.